The predicted molar refractivity (Wildman–Crippen MR) is 85.0 cm³/mol. The molecule has 5 heteroatoms. The molecule has 1 amide bonds. The van der Waals surface area contributed by atoms with Crippen molar-refractivity contribution in [1.29, 1.82) is 0 Å². The molecule has 2 aromatic rings. The number of carbonyl (C=O) groups is 1. The Morgan fingerprint density at radius 1 is 1.20 bits per heavy atom. The highest BCUT2D eigenvalue weighted by atomic mass is 79.9. The van der Waals surface area contributed by atoms with Gasteiger partial charge in [0.05, 0.1) is 5.56 Å². The molecule has 0 fully saturated rings. The minimum absolute atomic E-state index is 0.0946. The fraction of sp³-hybridized carbons (Fsp3) is 0.133. The van der Waals surface area contributed by atoms with Gasteiger partial charge in [0.25, 0.3) is 5.91 Å². The van der Waals surface area contributed by atoms with E-state index in [4.69, 9.17) is 11.6 Å². The molecule has 0 radical (unpaired) electrons. The van der Waals surface area contributed by atoms with Crippen molar-refractivity contribution in [3.63, 3.8) is 0 Å². The number of alkyl halides is 1. The molecule has 0 atom stereocenters. The van der Waals surface area contributed by atoms with Crippen LogP contribution in [0.25, 0.3) is 0 Å². The van der Waals surface area contributed by atoms with E-state index in [9.17, 15) is 9.90 Å². The van der Waals surface area contributed by atoms with Gasteiger partial charge in [-0.3, -0.25) is 4.79 Å². The highest BCUT2D eigenvalue weighted by molar-refractivity contribution is 9.09. The molecule has 0 aliphatic rings. The van der Waals surface area contributed by atoms with Crippen molar-refractivity contribution in [1.82, 2.24) is 0 Å². The monoisotopic (exact) mass is 353 g/mol. The van der Waals surface area contributed by atoms with Gasteiger partial charge < -0.3 is 10.4 Å². The van der Waals surface area contributed by atoms with E-state index in [-0.39, 0.29) is 11.3 Å². The summed E-state index contributed by atoms with van der Waals surface area (Å²) >= 11 is 9.20. The van der Waals surface area contributed by atoms with Gasteiger partial charge in [-0.05, 0) is 42.3 Å². The first-order valence-electron chi connectivity index (χ1n) is 6.05. The van der Waals surface area contributed by atoms with Crippen LogP contribution in [-0.4, -0.2) is 16.3 Å². The quantitative estimate of drug-likeness (QED) is 0.807. The highest BCUT2D eigenvalue weighted by Crippen LogP contribution is 2.22. The number of phenols is 1. The van der Waals surface area contributed by atoms with Crippen LogP contribution in [-0.2, 0) is 6.42 Å². The normalized spacial score (nSPS) is 10.3. The molecular formula is C15H13BrClNO2. The molecule has 2 N–H and O–H groups in total. The van der Waals surface area contributed by atoms with E-state index in [2.05, 4.69) is 21.2 Å². The average Bonchev–Trinajstić information content (AvgIpc) is 2.44. The summed E-state index contributed by atoms with van der Waals surface area (Å²) in [6.07, 6.45) is 0.934. The molecule has 20 heavy (non-hydrogen) atoms. The molecule has 0 heterocycles. The van der Waals surface area contributed by atoms with Crippen molar-refractivity contribution in [2.45, 2.75) is 6.42 Å². The van der Waals surface area contributed by atoms with Crippen LogP contribution in [0.2, 0.25) is 5.02 Å². The summed E-state index contributed by atoms with van der Waals surface area (Å²) in [5.41, 5.74) is 2.01. The number of nitrogens with one attached hydrogen (secondary N) is 1. The Bertz CT molecular complexity index is 614. The van der Waals surface area contributed by atoms with Gasteiger partial charge in [-0.2, -0.15) is 0 Å². The summed E-state index contributed by atoms with van der Waals surface area (Å²) < 4.78 is 0. The van der Waals surface area contributed by atoms with Gasteiger partial charge in [0.15, 0.2) is 0 Å². The van der Waals surface area contributed by atoms with Gasteiger partial charge in [0.2, 0.25) is 0 Å². The summed E-state index contributed by atoms with van der Waals surface area (Å²) in [5, 5.41) is 13.7. The lowest BCUT2D eigenvalue weighted by molar-refractivity contribution is 0.102. The molecule has 0 saturated carbocycles. The first-order chi connectivity index (χ1) is 9.60. The minimum atomic E-state index is -0.391. The topological polar surface area (TPSA) is 49.3 Å². The van der Waals surface area contributed by atoms with E-state index >= 15 is 0 Å². The second kappa shape index (κ2) is 6.77. The maximum absolute atomic E-state index is 12.1. The molecule has 0 spiro atoms. The lowest BCUT2D eigenvalue weighted by Gasteiger charge is -2.08. The fourth-order valence-electron chi connectivity index (χ4n) is 1.75. The number of halogens is 2. The first-order valence-corrected chi connectivity index (χ1v) is 7.55. The van der Waals surface area contributed by atoms with E-state index in [1.807, 2.05) is 24.3 Å². The SMILES string of the molecule is O=C(Nc1ccc(CCBr)cc1)c1cc(Cl)ccc1O. The third kappa shape index (κ3) is 3.74. The van der Waals surface area contributed by atoms with E-state index < -0.39 is 5.91 Å². The molecule has 0 bridgehead atoms. The van der Waals surface area contributed by atoms with Gasteiger partial charge in [-0.25, -0.2) is 0 Å². The number of hydrogen-bond donors (Lipinski definition) is 2. The van der Waals surface area contributed by atoms with E-state index in [1.165, 1.54) is 23.8 Å². The number of hydrogen-bond acceptors (Lipinski definition) is 2. The second-order valence-electron chi connectivity index (χ2n) is 4.25. The summed E-state index contributed by atoms with van der Waals surface area (Å²) in [6, 6.07) is 11.9. The standard InChI is InChI=1S/C15H13BrClNO2/c16-8-7-10-1-4-12(5-2-10)18-15(20)13-9-11(17)3-6-14(13)19/h1-6,9,19H,7-8H2,(H,18,20). The number of benzene rings is 2. The van der Waals surface area contributed by atoms with Gasteiger partial charge in [0, 0.05) is 16.0 Å². The van der Waals surface area contributed by atoms with Crippen molar-refractivity contribution in [3.8, 4) is 5.75 Å². The third-order valence-electron chi connectivity index (χ3n) is 2.80. The van der Waals surface area contributed by atoms with Crippen molar-refractivity contribution in [3.05, 3.63) is 58.6 Å². The molecule has 0 unspecified atom stereocenters. The zero-order chi connectivity index (χ0) is 14.5. The zero-order valence-corrected chi connectivity index (χ0v) is 12.9. The van der Waals surface area contributed by atoms with Crippen molar-refractivity contribution in [2.24, 2.45) is 0 Å². The molecule has 0 aromatic heterocycles. The van der Waals surface area contributed by atoms with Gasteiger partial charge >= 0.3 is 0 Å². The summed E-state index contributed by atoms with van der Waals surface area (Å²) in [6.45, 7) is 0. The third-order valence-corrected chi connectivity index (χ3v) is 3.43. The summed E-state index contributed by atoms with van der Waals surface area (Å²) in [7, 11) is 0. The van der Waals surface area contributed by atoms with Crippen LogP contribution in [0, 0.1) is 0 Å². The maximum Gasteiger partial charge on any atom is 0.259 e. The highest BCUT2D eigenvalue weighted by Gasteiger charge is 2.11. The van der Waals surface area contributed by atoms with Crippen molar-refractivity contribution in [2.75, 3.05) is 10.6 Å². The molecule has 0 saturated heterocycles. The van der Waals surface area contributed by atoms with Gasteiger partial charge in [0.1, 0.15) is 5.75 Å². The number of carbonyl (C=O) groups excluding carboxylic acids is 1. The number of phenolic OH excluding ortho intramolecular Hbond substituents is 1. The van der Waals surface area contributed by atoms with Crippen LogP contribution >= 0.6 is 27.5 Å². The Kier molecular flexibility index (Phi) is 5.04. The van der Waals surface area contributed by atoms with Crippen molar-refractivity contribution >= 4 is 39.1 Å². The Morgan fingerprint density at radius 3 is 2.55 bits per heavy atom. The molecule has 3 nitrogen and oxygen atoms in total. The van der Waals surface area contributed by atoms with Crippen molar-refractivity contribution < 1.29 is 9.90 Å². The Morgan fingerprint density at radius 2 is 1.90 bits per heavy atom. The average molecular weight is 355 g/mol. The fourth-order valence-corrected chi connectivity index (χ4v) is 2.38. The number of amides is 1. The Hall–Kier alpha value is -1.52. The number of anilines is 1. The molecule has 0 aliphatic heterocycles. The smallest absolute Gasteiger partial charge is 0.259 e. The summed E-state index contributed by atoms with van der Waals surface area (Å²) in [4.78, 5) is 12.1. The van der Waals surface area contributed by atoms with Gasteiger partial charge in [-0.15, -0.1) is 0 Å². The van der Waals surface area contributed by atoms with Crippen LogP contribution in [0.1, 0.15) is 15.9 Å². The summed E-state index contributed by atoms with van der Waals surface area (Å²) in [5.74, 6) is -0.485. The van der Waals surface area contributed by atoms with E-state index in [1.54, 1.807) is 0 Å². The maximum atomic E-state index is 12.1. The number of rotatable bonds is 4. The minimum Gasteiger partial charge on any atom is -0.507 e. The van der Waals surface area contributed by atoms with Crippen LogP contribution in [0.3, 0.4) is 0 Å². The van der Waals surface area contributed by atoms with Crippen LogP contribution in [0.5, 0.6) is 5.75 Å². The van der Waals surface area contributed by atoms with E-state index in [0.717, 1.165) is 11.8 Å². The predicted octanol–water partition coefficient (Wildman–Crippen LogP) is 4.24. The Labute approximate surface area is 130 Å². The van der Waals surface area contributed by atoms with Gasteiger partial charge in [-0.1, -0.05) is 39.7 Å². The molecule has 104 valence electrons. The van der Waals surface area contributed by atoms with Crippen LogP contribution < -0.4 is 5.32 Å². The second-order valence-corrected chi connectivity index (χ2v) is 5.48. The number of aryl methyl sites for hydroxylation is 1. The molecular weight excluding hydrogens is 342 g/mol. The molecule has 2 aromatic carbocycles. The number of aromatic hydroxyl groups is 1. The largest absolute Gasteiger partial charge is 0.507 e. The lowest BCUT2D eigenvalue weighted by Crippen LogP contribution is -2.12. The Balaban J connectivity index is 2.13. The molecule has 0 aliphatic carbocycles. The zero-order valence-electron chi connectivity index (χ0n) is 10.6. The van der Waals surface area contributed by atoms with E-state index in [0.29, 0.717) is 10.7 Å². The lowest BCUT2D eigenvalue weighted by atomic mass is 10.1. The molecule has 2 rings (SSSR count). The first kappa shape index (κ1) is 14.9. The van der Waals surface area contributed by atoms with Crippen LogP contribution in [0.4, 0.5) is 5.69 Å². The van der Waals surface area contributed by atoms with Crippen LogP contribution in [0.15, 0.2) is 42.5 Å².